The number of benzene rings is 1. The largest absolute Gasteiger partial charge is 0.468 e. The molecule has 1 atom stereocenters. The summed E-state index contributed by atoms with van der Waals surface area (Å²) in [5.41, 5.74) is 0.827. The Morgan fingerprint density at radius 3 is 2.95 bits per heavy atom. The fourth-order valence-electron chi connectivity index (χ4n) is 2.19. The number of rotatable bonds is 5. The van der Waals surface area contributed by atoms with Gasteiger partial charge < -0.3 is 9.64 Å². The van der Waals surface area contributed by atoms with Crippen LogP contribution in [-0.4, -0.2) is 48.0 Å². The Kier molecular flexibility index (Phi) is 6.34. The van der Waals surface area contributed by atoms with Crippen LogP contribution in [0.5, 0.6) is 0 Å². The van der Waals surface area contributed by atoms with E-state index in [2.05, 4.69) is 4.74 Å². The van der Waals surface area contributed by atoms with Crippen LogP contribution in [0.1, 0.15) is 12.0 Å². The molecule has 0 aromatic heterocycles. The van der Waals surface area contributed by atoms with Crippen molar-refractivity contribution in [3.63, 3.8) is 0 Å². The van der Waals surface area contributed by atoms with E-state index >= 15 is 0 Å². The molecule has 1 saturated heterocycles. The first-order valence-electron chi connectivity index (χ1n) is 7.00. The normalized spacial score (nSPS) is 17.9. The van der Waals surface area contributed by atoms with Crippen LogP contribution in [0, 0.1) is 0 Å². The predicted octanol–water partition coefficient (Wildman–Crippen LogP) is 2.86. The van der Waals surface area contributed by atoms with Crippen LogP contribution < -0.4 is 0 Å². The third-order valence-electron chi connectivity index (χ3n) is 3.43. The standard InChI is InChI=1S/C16H18ClNO3S/c1-21-16(20)11-22-13-8-9-18(10-13)15(19)7-6-12-4-2-3-5-14(12)17/h2-7,13H,8-11H2,1H3/b7-6+/t13-/m0/s1. The van der Waals surface area contributed by atoms with Gasteiger partial charge in [-0.1, -0.05) is 29.8 Å². The van der Waals surface area contributed by atoms with Gasteiger partial charge in [-0.15, -0.1) is 11.8 Å². The predicted molar refractivity (Wildman–Crippen MR) is 89.9 cm³/mol. The number of halogens is 1. The molecule has 22 heavy (non-hydrogen) atoms. The average Bonchev–Trinajstić information content (AvgIpc) is 3.00. The molecular formula is C16H18ClNO3S. The third-order valence-corrected chi connectivity index (χ3v) is 5.03. The monoisotopic (exact) mass is 339 g/mol. The molecule has 2 rings (SSSR count). The van der Waals surface area contributed by atoms with Crippen LogP contribution in [0.15, 0.2) is 30.3 Å². The van der Waals surface area contributed by atoms with Gasteiger partial charge in [0.25, 0.3) is 0 Å². The van der Waals surface area contributed by atoms with Gasteiger partial charge in [0.1, 0.15) is 0 Å². The van der Waals surface area contributed by atoms with Gasteiger partial charge in [-0.2, -0.15) is 0 Å². The summed E-state index contributed by atoms with van der Waals surface area (Å²) in [6.45, 7) is 1.37. The lowest BCUT2D eigenvalue weighted by Gasteiger charge is -2.14. The SMILES string of the molecule is COC(=O)CS[C@H]1CCN(C(=O)/C=C/c2ccccc2Cl)C1. The number of methoxy groups -OCH3 is 1. The molecule has 1 aliphatic rings. The number of ether oxygens (including phenoxy) is 1. The van der Waals surface area contributed by atoms with Crippen molar-refractivity contribution in [2.45, 2.75) is 11.7 Å². The highest BCUT2D eigenvalue weighted by Gasteiger charge is 2.25. The second-order valence-electron chi connectivity index (χ2n) is 4.94. The lowest BCUT2D eigenvalue weighted by atomic mass is 10.2. The molecule has 1 amide bonds. The Bertz CT molecular complexity index is 576. The molecule has 0 saturated carbocycles. The van der Waals surface area contributed by atoms with Gasteiger partial charge in [-0.05, 0) is 24.1 Å². The van der Waals surface area contributed by atoms with E-state index in [9.17, 15) is 9.59 Å². The molecular weight excluding hydrogens is 322 g/mol. The highest BCUT2D eigenvalue weighted by atomic mass is 35.5. The fourth-order valence-corrected chi connectivity index (χ4v) is 3.43. The zero-order valence-corrected chi connectivity index (χ0v) is 13.9. The summed E-state index contributed by atoms with van der Waals surface area (Å²) in [6.07, 6.45) is 4.18. The maximum Gasteiger partial charge on any atom is 0.315 e. The molecule has 0 N–H and O–H groups in total. The number of hydrogen-bond acceptors (Lipinski definition) is 4. The number of esters is 1. The summed E-state index contributed by atoms with van der Waals surface area (Å²) in [7, 11) is 1.38. The summed E-state index contributed by atoms with van der Waals surface area (Å²) in [5, 5.41) is 0.913. The quantitative estimate of drug-likeness (QED) is 0.611. The van der Waals surface area contributed by atoms with Crippen LogP contribution in [0.3, 0.4) is 0 Å². The maximum atomic E-state index is 12.2. The van der Waals surface area contributed by atoms with Gasteiger partial charge in [0, 0.05) is 29.4 Å². The Labute approximate surface area is 139 Å². The number of amides is 1. The van der Waals surface area contributed by atoms with Crippen molar-refractivity contribution in [2.24, 2.45) is 0 Å². The van der Waals surface area contributed by atoms with Crippen molar-refractivity contribution in [3.05, 3.63) is 40.9 Å². The lowest BCUT2D eigenvalue weighted by molar-refractivity contribution is -0.137. The zero-order valence-electron chi connectivity index (χ0n) is 12.3. The van der Waals surface area contributed by atoms with E-state index in [-0.39, 0.29) is 17.1 Å². The number of nitrogens with zero attached hydrogens (tertiary/aromatic N) is 1. The topological polar surface area (TPSA) is 46.6 Å². The van der Waals surface area contributed by atoms with Gasteiger partial charge >= 0.3 is 5.97 Å². The fraction of sp³-hybridized carbons (Fsp3) is 0.375. The number of hydrogen-bond donors (Lipinski definition) is 0. The van der Waals surface area contributed by atoms with E-state index in [1.807, 2.05) is 18.2 Å². The average molecular weight is 340 g/mol. The molecule has 1 aliphatic heterocycles. The molecule has 118 valence electrons. The minimum absolute atomic E-state index is 0.0268. The van der Waals surface area contributed by atoms with Gasteiger partial charge in [-0.25, -0.2) is 0 Å². The second kappa shape index (κ2) is 8.25. The first kappa shape index (κ1) is 16.9. The third kappa shape index (κ3) is 4.78. The number of carbonyl (C=O) groups excluding carboxylic acids is 2. The van der Waals surface area contributed by atoms with Crippen LogP contribution >= 0.6 is 23.4 Å². The van der Waals surface area contributed by atoms with Crippen LogP contribution in [0.25, 0.3) is 6.08 Å². The molecule has 1 heterocycles. The summed E-state index contributed by atoms with van der Waals surface area (Å²) in [5.74, 6) is 0.0769. The van der Waals surface area contributed by atoms with E-state index in [4.69, 9.17) is 11.6 Å². The van der Waals surface area contributed by atoms with Crippen molar-refractivity contribution in [1.82, 2.24) is 4.90 Å². The van der Waals surface area contributed by atoms with E-state index in [1.165, 1.54) is 7.11 Å². The number of thioether (sulfide) groups is 1. The van der Waals surface area contributed by atoms with Crippen LogP contribution in [0.2, 0.25) is 5.02 Å². The lowest BCUT2D eigenvalue weighted by Crippen LogP contribution is -2.27. The van der Waals surface area contributed by atoms with Gasteiger partial charge in [0.2, 0.25) is 5.91 Å². The van der Waals surface area contributed by atoms with E-state index < -0.39 is 0 Å². The number of likely N-dealkylation sites (tertiary alicyclic amines) is 1. The molecule has 1 aromatic carbocycles. The summed E-state index contributed by atoms with van der Waals surface area (Å²) < 4.78 is 4.62. The van der Waals surface area contributed by atoms with Crippen molar-refractivity contribution >= 4 is 41.3 Å². The summed E-state index contributed by atoms with van der Waals surface area (Å²) in [4.78, 5) is 25.1. The van der Waals surface area contributed by atoms with E-state index in [1.54, 1.807) is 34.9 Å². The molecule has 4 nitrogen and oxygen atoms in total. The van der Waals surface area contributed by atoms with Crippen molar-refractivity contribution in [2.75, 3.05) is 26.0 Å². The molecule has 0 spiro atoms. The van der Waals surface area contributed by atoms with Crippen LogP contribution in [-0.2, 0) is 14.3 Å². The Morgan fingerprint density at radius 1 is 1.45 bits per heavy atom. The molecule has 6 heteroatoms. The van der Waals surface area contributed by atoms with Crippen molar-refractivity contribution in [3.8, 4) is 0 Å². The molecule has 1 fully saturated rings. The van der Waals surface area contributed by atoms with Gasteiger partial charge in [-0.3, -0.25) is 9.59 Å². The van der Waals surface area contributed by atoms with Crippen molar-refractivity contribution < 1.29 is 14.3 Å². The molecule has 0 unspecified atom stereocenters. The highest BCUT2D eigenvalue weighted by Crippen LogP contribution is 2.23. The van der Waals surface area contributed by atoms with Gasteiger partial charge in [0.15, 0.2) is 0 Å². The zero-order chi connectivity index (χ0) is 15.9. The summed E-state index contributed by atoms with van der Waals surface area (Å²) in [6, 6.07) is 7.39. The van der Waals surface area contributed by atoms with Crippen molar-refractivity contribution in [1.29, 1.82) is 0 Å². The Balaban J connectivity index is 1.84. The van der Waals surface area contributed by atoms with E-state index in [0.717, 1.165) is 12.0 Å². The second-order valence-corrected chi connectivity index (χ2v) is 6.63. The Hall–Kier alpha value is -1.46. The highest BCUT2D eigenvalue weighted by molar-refractivity contribution is 8.00. The Morgan fingerprint density at radius 2 is 2.23 bits per heavy atom. The van der Waals surface area contributed by atoms with E-state index in [0.29, 0.717) is 23.9 Å². The first-order chi connectivity index (χ1) is 10.6. The van der Waals surface area contributed by atoms with Gasteiger partial charge in [0.05, 0.1) is 12.9 Å². The smallest absolute Gasteiger partial charge is 0.315 e. The first-order valence-corrected chi connectivity index (χ1v) is 8.42. The minimum Gasteiger partial charge on any atom is -0.468 e. The minimum atomic E-state index is -0.228. The molecule has 1 aromatic rings. The van der Waals surface area contributed by atoms with Crippen LogP contribution in [0.4, 0.5) is 0 Å². The molecule has 0 bridgehead atoms. The molecule has 0 aliphatic carbocycles. The molecule has 0 radical (unpaired) electrons. The number of carbonyl (C=O) groups is 2. The summed E-state index contributed by atoms with van der Waals surface area (Å²) >= 11 is 7.59. The maximum absolute atomic E-state index is 12.2.